The summed E-state index contributed by atoms with van der Waals surface area (Å²) in [5, 5.41) is 7.13. The quantitative estimate of drug-likeness (QED) is 0.731. The Morgan fingerprint density at radius 2 is 2.00 bits per heavy atom. The monoisotopic (exact) mass is 418 g/mol. The Balaban J connectivity index is 1.49. The summed E-state index contributed by atoms with van der Waals surface area (Å²) in [5.74, 6) is 0.840. The largest absolute Gasteiger partial charge is 0.339 e. The van der Waals surface area contributed by atoms with E-state index in [1.54, 1.807) is 0 Å². The lowest BCUT2D eigenvalue weighted by Gasteiger charge is -2.36. The number of carbonyl (C=O) groups is 1. The van der Waals surface area contributed by atoms with Crippen LogP contribution >= 0.6 is 23.1 Å². The zero-order valence-corrected chi connectivity index (χ0v) is 17.8. The summed E-state index contributed by atoms with van der Waals surface area (Å²) < 4.78 is 4.07. The van der Waals surface area contributed by atoms with E-state index < -0.39 is 0 Å². The minimum absolute atomic E-state index is 0.260. The van der Waals surface area contributed by atoms with Gasteiger partial charge in [0.15, 0.2) is 0 Å². The Hall–Kier alpha value is -1.50. The first-order valence-corrected chi connectivity index (χ1v) is 11.4. The molecule has 0 spiro atoms. The van der Waals surface area contributed by atoms with Crippen LogP contribution in [-0.4, -0.2) is 57.5 Å². The number of rotatable bonds is 5. The Kier molecular flexibility index (Phi) is 6.28. The van der Waals surface area contributed by atoms with Gasteiger partial charge in [-0.25, -0.2) is 0 Å². The summed E-state index contributed by atoms with van der Waals surface area (Å²) in [4.78, 5) is 17.5. The minimum Gasteiger partial charge on any atom is -0.339 e. The molecule has 2 saturated heterocycles. The second-order valence-electron chi connectivity index (χ2n) is 7.93. The highest BCUT2D eigenvalue weighted by molar-refractivity contribution is 7.03. The van der Waals surface area contributed by atoms with Gasteiger partial charge in [0, 0.05) is 47.9 Å². The molecule has 0 radical (unpaired) electrons. The maximum Gasteiger partial charge on any atom is 0.236 e. The molecule has 2 aliphatic rings. The van der Waals surface area contributed by atoms with E-state index in [1.165, 1.54) is 23.5 Å². The highest BCUT2D eigenvalue weighted by atomic mass is 35.5. The molecule has 4 rings (SSSR count). The minimum atomic E-state index is 0.260. The second kappa shape index (κ2) is 8.89. The van der Waals surface area contributed by atoms with Gasteiger partial charge in [-0.15, -0.1) is 5.10 Å². The summed E-state index contributed by atoms with van der Waals surface area (Å²) in [5.41, 5.74) is 2.28. The number of hydrogen-bond acceptors (Lipinski definition) is 5. The number of amides is 1. The molecule has 1 aromatic carbocycles. The third-order valence-corrected chi connectivity index (χ3v) is 7.00. The average molecular weight is 419 g/mol. The standard InChI is InChI=1S/C21H27ClN4OS/c1-2-17-5-3-4-10-26(17)21(27)13-25-11-18(15-6-8-16(22)9-7-15)19(12-25)20-14-28-24-23-20/h6-9,14,17-19H,2-5,10-13H2,1H3/t17-,18-,19+/m1/s1. The second-order valence-corrected chi connectivity index (χ2v) is 8.98. The highest BCUT2D eigenvalue weighted by Crippen LogP contribution is 2.39. The van der Waals surface area contributed by atoms with Gasteiger partial charge in [-0.2, -0.15) is 0 Å². The summed E-state index contributed by atoms with van der Waals surface area (Å²) in [7, 11) is 0. The van der Waals surface area contributed by atoms with Gasteiger partial charge in [0.1, 0.15) is 0 Å². The molecule has 3 heterocycles. The van der Waals surface area contributed by atoms with E-state index >= 15 is 0 Å². The van der Waals surface area contributed by atoms with E-state index in [0.29, 0.717) is 18.5 Å². The zero-order valence-electron chi connectivity index (χ0n) is 16.3. The van der Waals surface area contributed by atoms with Crippen molar-refractivity contribution >= 4 is 29.0 Å². The Bertz CT molecular complexity index is 782. The predicted molar refractivity (Wildman–Crippen MR) is 113 cm³/mol. The van der Waals surface area contributed by atoms with Crippen LogP contribution in [0, 0.1) is 0 Å². The first-order valence-electron chi connectivity index (χ1n) is 10.2. The summed E-state index contributed by atoms with van der Waals surface area (Å²) in [6.45, 7) is 5.29. The lowest BCUT2D eigenvalue weighted by atomic mass is 9.87. The molecule has 7 heteroatoms. The fraction of sp³-hybridized carbons (Fsp3) is 0.571. The topological polar surface area (TPSA) is 49.3 Å². The van der Waals surface area contributed by atoms with E-state index in [4.69, 9.17) is 11.6 Å². The average Bonchev–Trinajstić information content (AvgIpc) is 3.38. The number of nitrogens with zero attached hydrogens (tertiary/aromatic N) is 4. The molecule has 1 aromatic heterocycles. The van der Waals surface area contributed by atoms with E-state index in [0.717, 1.165) is 49.6 Å². The van der Waals surface area contributed by atoms with Crippen molar-refractivity contribution in [3.63, 3.8) is 0 Å². The molecule has 0 unspecified atom stereocenters. The van der Waals surface area contributed by atoms with Crippen LogP contribution in [0.5, 0.6) is 0 Å². The summed E-state index contributed by atoms with van der Waals surface area (Å²) in [6, 6.07) is 8.50. The van der Waals surface area contributed by atoms with Crippen LogP contribution in [0.15, 0.2) is 29.6 Å². The third kappa shape index (κ3) is 4.24. The van der Waals surface area contributed by atoms with Crippen molar-refractivity contribution in [2.75, 3.05) is 26.2 Å². The predicted octanol–water partition coefficient (Wildman–Crippen LogP) is 4.17. The van der Waals surface area contributed by atoms with Gasteiger partial charge in [-0.3, -0.25) is 9.69 Å². The maximum atomic E-state index is 13.0. The van der Waals surface area contributed by atoms with Crippen molar-refractivity contribution in [1.82, 2.24) is 19.4 Å². The fourth-order valence-electron chi connectivity index (χ4n) is 4.73. The number of likely N-dealkylation sites (tertiary alicyclic amines) is 2. The van der Waals surface area contributed by atoms with Crippen LogP contribution in [0.2, 0.25) is 5.02 Å². The summed E-state index contributed by atoms with van der Waals surface area (Å²) >= 11 is 7.48. The maximum absolute atomic E-state index is 13.0. The Morgan fingerprint density at radius 3 is 2.71 bits per heavy atom. The zero-order chi connectivity index (χ0) is 19.5. The van der Waals surface area contributed by atoms with Crippen molar-refractivity contribution in [2.24, 2.45) is 0 Å². The number of carbonyl (C=O) groups excluding carboxylic acids is 1. The molecule has 2 fully saturated rings. The van der Waals surface area contributed by atoms with Crippen LogP contribution < -0.4 is 0 Å². The van der Waals surface area contributed by atoms with Crippen molar-refractivity contribution < 1.29 is 4.79 Å². The van der Waals surface area contributed by atoms with E-state index in [-0.39, 0.29) is 11.8 Å². The molecule has 150 valence electrons. The number of hydrogen-bond donors (Lipinski definition) is 0. The molecule has 0 N–H and O–H groups in total. The van der Waals surface area contributed by atoms with Gasteiger partial charge < -0.3 is 4.90 Å². The molecule has 0 aliphatic carbocycles. The molecule has 0 saturated carbocycles. The molecule has 28 heavy (non-hydrogen) atoms. The lowest BCUT2D eigenvalue weighted by molar-refractivity contribution is -0.135. The number of benzene rings is 1. The molecule has 2 aromatic rings. The van der Waals surface area contributed by atoms with Gasteiger partial charge in [0.2, 0.25) is 5.91 Å². The molecule has 0 bridgehead atoms. The van der Waals surface area contributed by atoms with Gasteiger partial charge >= 0.3 is 0 Å². The van der Waals surface area contributed by atoms with E-state index in [1.807, 2.05) is 17.5 Å². The highest BCUT2D eigenvalue weighted by Gasteiger charge is 2.38. The molecular formula is C21H27ClN4OS. The van der Waals surface area contributed by atoms with Crippen molar-refractivity contribution in [2.45, 2.75) is 50.5 Å². The third-order valence-electron chi connectivity index (χ3n) is 6.23. The molecule has 3 atom stereocenters. The Morgan fingerprint density at radius 1 is 1.21 bits per heavy atom. The van der Waals surface area contributed by atoms with Crippen LogP contribution in [0.4, 0.5) is 0 Å². The van der Waals surface area contributed by atoms with Gasteiger partial charge in [0.05, 0.1) is 12.2 Å². The fourth-order valence-corrected chi connectivity index (χ4v) is 5.38. The molecule has 5 nitrogen and oxygen atoms in total. The first-order chi connectivity index (χ1) is 13.7. The van der Waals surface area contributed by atoms with Crippen LogP contribution in [0.1, 0.15) is 55.7 Å². The van der Waals surface area contributed by atoms with Crippen LogP contribution in [0.3, 0.4) is 0 Å². The molecular weight excluding hydrogens is 392 g/mol. The van der Waals surface area contributed by atoms with Gasteiger partial charge in [-0.05, 0) is 54.9 Å². The SMILES string of the molecule is CC[C@@H]1CCCCN1C(=O)CN1C[C@H](c2ccc(Cl)cc2)[C@@H](c2csnn2)C1. The van der Waals surface area contributed by atoms with Gasteiger partial charge in [0.25, 0.3) is 0 Å². The number of aromatic nitrogens is 2. The van der Waals surface area contributed by atoms with E-state index in [9.17, 15) is 4.79 Å². The normalized spacial score (nSPS) is 25.9. The Labute approximate surface area is 175 Å². The van der Waals surface area contributed by atoms with Crippen LogP contribution in [0.25, 0.3) is 0 Å². The smallest absolute Gasteiger partial charge is 0.236 e. The first kappa shape index (κ1) is 19.8. The lowest BCUT2D eigenvalue weighted by Crippen LogP contribution is -2.47. The number of halogens is 1. The van der Waals surface area contributed by atoms with E-state index in [2.05, 4.69) is 38.4 Å². The number of piperidine rings is 1. The van der Waals surface area contributed by atoms with Crippen molar-refractivity contribution in [3.8, 4) is 0 Å². The molecule has 2 aliphatic heterocycles. The molecule has 1 amide bonds. The van der Waals surface area contributed by atoms with Crippen LogP contribution in [-0.2, 0) is 4.79 Å². The van der Waals surface area contributed by atoms with Crippen molar-refractivity contribution in [3.05, 3.63) is 45.9 Å². The van der Waals surface area contributed by atoms with Crippen molar-refractivity contribution in [1.29, 1.82) is 0 Å². The van der Waals surface area contributed by atoms with Gasteiger partial charge in [-0.1, -0.05) is 35.1 Å². The summed E-state index contributed by atoms with van der Waals surface area (Å²) in [6.07, 6.45) is 4.56.